The summed E-state index contributed by atoms with van der Waals surface area (Å²) >= 11 is 3.32. The first kappa shape index (κ1) is 12.2. The molecule has 1 rings (SSSR count). The number of aromatic nitrogens is 1. The van der Waals surface area contributed by atoms with Gasteiger partial charge in [-0.05, 0) is 34.0 Å². The Labute approximate surface area is 98.6 Å². The van der Waals surface area contributed by atoms with Gasteiger partial charge in [0.25, 0.3) is 5.91 Å². The fourth-order valence-corrected chi connectivity index (χ4v) is 1.78. The molecule has 0 saturated heterocycles. The maximum Gasteiger partial charge on any atom is 0.273 e. The molecule has 82 valence electrons. The van der Waals surface area contributed by atoms with Gasteiger partial charge in [-0.15, -0.1) is 0 Å². The molecule has 15 heavy (non-hydrogen) atoms. The lowest BCUT2D eigenvalue weighted by atomic mass is 10.2. The van der Waals surface area contributed by atoms with Crippen molar-refractivity contribution in [2.24, 2.45) is 5.92 Å². The molecule has 0 aliphatic carbocycles. The number of nitrogens with zero attached hydrogens (tertiary/aromatic N) is 2. The molecule has 4 heteroatoms. The second-order valence-electron chi connectivity index (χ2n) is 3.91. The zero-order chi connectivity index (χ0) is 11.4. The van der Waals surface area contributed by atoms with Crippen LogP contribution in [0.4, 0.5) is 0 Å². The summed E-state index contributed by atoms with van der Waals surface area (Å²) in [5, 5.41) is 0. The van der Waals surface area contributed by atoms with Gasteiger partial charge in [0.1, 0.15) is 5.69 Å². The van der Waals surface area contributed by atoms with Gasteiger partial charge in [-0.25, -0.2) is 4.98 Å². The number of halogens is 1. The van der Waals surface area contributed by atoms with Crippen LogP contribution in [0.3, 0.4) is 0 Å². The Hall–Kier alpha value is -0.900. The molecule has 3 nitrogen and oxygen atoms in total. The van der Waals surface area contributed by atoms with E-state index in [2.05, 4.69) is 34.8 Å². The first-order valence-corrected chi connectivity index (χ1v) is 5.67. The van der Waals surface area contributed by atoms with Crippen LogP contribution >= 0.6 is 15.9 Å². The number of rotatable bonds is 3. The Bertz CT molecular complexity index is 352. The average Bonchev–Trinajstić information content (AvgIpc) is 2.16. The molecule has 0 N–H and O–H groups in total. The van der Waals surface area contributed by atoms with E-state index in [1.807, 2.05) is 6.07 Å². The van der Waals surface area contributed by atoms with E-state index in [0.29, 0.717) is 11.6 Å². The number of hydrogen-bond acceptors (Lipinski definition) is 2. The molecule has 1 aromatic rings. The predicted octanol–water partition coefficient (Wildman–Crippen LogP) is 2.57. The van der Waals surface area contributed by atoms with Crippen LogP contribution in [-0.4, -0.2) is 29.4 Å². The van der Waals surface area contributed by atoms with Crippen molar-refractivity contribution >= 4 is 21.8 Å². The molecule has 0 fully saturated rings. The highest BCUT2D eigenvalue weighted by Gasteiger charge is 2.16. The minimum Gasteiger partial charge on any atom is -0.340 e. The molecule has 1 heterocycles. The van der Waals surface area contributed by atoms with Crippen molar-refractivity contribution < 1.29 is 4.79 Å². The van der Waals surface area contributed by atoms with Crippen LogP contribution < -0.4 is 0 Å². The van der Waals surface area contributed by atoms with Crippen LogP contribution in [0.2, 0.25) is 0 Å². The molecular weight excluding hydrogens is 256 g/mol. The fraction of sp³-hybridized carbons (Fsp3) is 0.455. The van der Waals surface area contributed by atoms with Crippen molar-refractivity contribution in [2.75, 3.05) is 13.6 Å². The molecule has 0 aliphatic rings. The SMILES string of the molecule is CC(C)CN(C)C(=O)c1ncccc1Br. The lowest BCUT2D eigenvalue weighted by Gasteiger charge is -2.19. The Morgan fingerprint density at radius 1 is 1.60 bits per heavy atom. The summed E-state index contributed by atoms with van der Waals surface area (Å²) in [4.78, 5) is 17.7. The molecule has 0 aliphatic heterocycles. The second kappa shape index (κ2) is 5.26. The average molecular weight is 271 g/mol. The van der Waals surface area contributed by atoms with Crippen LogP contribution in [0.1, 0.15) is 24.3 Å². The van der Waals surface area contributed by atoms with Gasteiger partial charge in [0.2, 0.25) is 0 Å². The van der Waals surface area contributed by atoms with Gasteiger partial charge < -0.3 is 4.90 Å². The molecule has 0 atom stereocenters. The van der Waals surface area contributed by atoms with Crippen LogP contribution in [0.15, 0.2) is 22.8 Å². The third-order valence-corrected chi connectivity index (χ3v) is 2.59. The maximum atomic E-state index is 11.9. The summed E-state index contributed by atoms with van der Waals surface area (Å²) in [6.07, 6.45) is 1.63. The van der Waals surface area contributed by atoms with Crippen LogP contribution in [0, 0.1) is 5.92 Å². The largest absolute Gasteiger partial charge is 0.340 e. The third-order valence-electron chi connectivity index (χ3n) is 1.95. The van der Waals surface area contributed by atoms with Crippen molar-refractivity contribution in [2.45, 2.75) is 13.8 Å². The van der Waals surface area contributed by atoms with E-state index < -0.39 is 0 Å². The molecule has 0 saturated carbocycles. The van der Waals surface area contributed by atoms with E-state index in [1.165, 1.54) is 0 Å². The van der Waals surface area contributed by atoms with Crippen molar-refractivity contribution in [1.29, 1.82) is 0 Å². The Balaban J connectivity index is 2.81. The molecule has 1 amide bonds. The molecule has 1 aromatic heterocycles. The lowest BCUT2D eigenvalue weighted by molar-refractivity contribution is 0.0772. The van der Waals surface area contributed by atoms with Crippen LogP contribution in [0.25, 0.3) is 0 Å². The lowest BCUT2D eigenvalue weighted by Crippen LogP contribution is -2.31. The predicted molar refractivity (Wildman–Crippen MR) is 63.7 cm³/mol. The summed E-state index contributed by atoms with van der Waals surface area (Å²) in [6, 6.07) is 3.62. The number of carbonyl (C=O) groups is 1. The topological polar surface area (TPSA) is 33.2 Å². The van der Waals surface area contributed by atoms with Crippen molar-refractivity contribution in [3.8, 4) is 0 Å². The highest BCUT2D eigenvalue weighted by Crippen LogP contribution is 2.15. The van der Waals surface area contributed by atoms with E-state index in [9.17, 15) is 4.79 Å². The number of pyridine rings is 1. The third kappa shape index (κ3) is 3.30. The normalized spacial score (nSPS) is 10.5. The van der Waals surface area contributed by atoms with E-state index in [1.54, 1.807) is 24.2 Å². The van der Waals surface area contributed by atoms with E-state index in [-0.39, 0.29) is 5.91 Å². The Morgan fingerprint density at radius 3 is 2.80 bits per heavy atom. The fourth-order valence-electron chi connectivity index (χ4n) is 1.35. The summed E-state index contributed by atoms with van der Waals surface area (Å²) in [7, 11) is 1.80. The highest BCUT2D eigenvalue weighted by molar-refractivity contribution is 9.10. The van der Waals surface area contributed by atoms with E-state index in [4.69, 9.17) is 0 Å². The van der Waals surface area contributed by atoms with Crippen molar-refractivity contribution in [3.63, 3.8) is 0 Å². The van der Waals surface area contributed by atoms with Gasteiger partial charge in [0, 0.05) is 24.3 Å². The summed E-state index contributed by atoms with van der Waals surface area (Å²) in [5.41, 5.74) is 0.473. The van der Waals surface area contributed by atoms with Gasteiger partial charge >= 0.3 is 0 Å². The second-order valence-corrected chi connectivity index (χ2v) is 4.77. The standard InChI is InChI=1S/C11H15BrN2O/c1-8(2)7-14(3)11(15)10-9(12)5-4-6-13-10/h4-6,8H,7H2,1-3H3. The molecule has 0 spiro atoms. The Morgan fingerprint density at radius 2 is 2.27 bits per heavy atom. The summed E-state index contributed by atoms with van der Waals surface area (Å²) in [6.45, 7) is 4.90. The molecular formula is C11H15BrN2O. The van der Waals surface area contributed by atoms with E-state index >= 15 is 0 Å². The highest BCUT2D eigenvalue weighted by atomic mass is 79.9. The van der Waals surface area contributed by atoms with Gasteiger partial charge in [-0.1, -0.05) is 13.8 Å². The maximum absolute atomic E-state index is 11.9. The molecule has 0 radical (unpaired) electrons. The smallest absolute Gasteiger partial charge is 0.273 e. The summed E-state index contributed by atoms with van der Waals surface area (Å²) < 4.78 is 0.741. The van der Waals surface area contributed by atoms with Gasteiger partial charge in [-0.3, -0.25) is 4.79 Å². The van der Waals surface area contributed by atoms with Crippen molar-refractivity contribution in [1.82, 2.24) is 9.88 Å². The van der Waals surface area contributed by atoms with Gasteiger partial charge in [-0.2, -0.15) is 0 Å². The van der Waals surface area contributed by atoms with Crippen LogP contribution in [0.5, 0.6) is 0 Å². The quantitative estimate of drug-likeness (QED) is 0.846. The van der Waals surface area contributed by atoms with Gasteiger partial charge in [0.05, 0.1) is 0 Å². The minimum atomic E-state index is -0.0452. The number of amides is 1. The van der Waals surface area contributed by atoms with Crippen LogP contribution in [-0.2, 0) is 0 Å². The van der Waals surface area contributed by atoms with E-state index in [0.717, 1.165) is 11.0 Å². The summed E-state index contributed by atoms with van der Waals surface area (Å²) in [5.74, 6) is 0.414. The molecule has 0 unspecified atom stereocenters. The minimum absolute atomic E-state index is 0.0452. The zero-order valence-corrected chi connectivity index (χ0v) is 10.8. The monoisotopic (exact) mass is 270 g/mol. The number of hydrogen-bond donors (Lipinski definition) is 0. The molecule has 0 bridgehead atoms. The first-order chi connectivity index (χ1) is 7.02. The molecule has 0 aromatic carbocycles. The van der Waals surface area contributed by atoms with Crippen molar-refractivity contribution in [3.05, 3.63) is 28.5 Å². The number of carbonyl (C=O) groups excluding carboxylic acids is 1. The van der Waals surface area contributed by atoms with Gasteiger partial charge in [0.15, 0.2) is 0 Å². The zero-order valence-electron chi connectivity index (χ0n) is 9.20. The Kier molecular flexibility index (Phi) is 4.27. The first-order valence-electron chi connectivity index (χ1n) is 4.88.